The van der Waals surface area contributed by atoms with Crippen LogP contribution < -0.4 is 5.48 Å². The highest BCUT2D eigenvalue weighted by atomic mass is 16.7. The lowest BCUT2D eigenvalue weighted by molar-refractivity contribution is -0.0580. The monoisotopic (exact) mass is 185 g/mol. The Morgan fingerprint density at radius 3 is 2.38 bits per heavy atom. The average Bonchev–Trinajstić information content (AvgIpc) is 2.72. The number of hydrogen-bond donors (Lipinski definition) is 2. The molecule has 2 aliphatic carbocycles. The van der Waals surface area contributed by atoms with Crippen molar-refractivity contribution >= 4 is 0 Å². The summed E-state index contributed by atoms with van der Waals surface area (Å²) in [7, 11) is 0. The molecule has 2 N–H and O–H groups in total. The lowest BCUT2D eigenvalue weighted by Gasteiger charge is -2.19. The molecule has 0 saturated heterocycles. The summed E-state index contributed by atoms with van der Waals surface area (Å²) in [5.41, 5.74) is 3.02. The zero-order chi connectivity index (χ0) is 9.10. The third-order valence-electron chi connectivity index (χ3n) is 3.17. The van der Waals surface area contributed by atoms with Crippen LogP contribution in [-0.4, -0.2) is 23.4 Å². The summed E-state index contributed by atoms with van der Waals surface area (Å²) < 4.78 is 0. The molecule has 76 valence electrons. The zero-order valence-corrected chi connectivity index (χ0v) is 8.04. The van der Waals surface area contributed by atoms with Gasteiger partial charge in [0.1, 0.15) is 0 Å². The molecule has 0 aromatic heterocycles. The molecule has 2 fully saturated rings. The van der Waals surface area contributed by atoms with Gasteiger partial charge in [-0.15, -0.1) is 0 Å². The second kappa shape index (κ2) is 4.40. The Labute approximate surface area is 79.4 Å². The minimum absolute atomic E-state index is 0.181. The first-order chi connectivity index (χ1) is 6.36. The predicted molar refractivity (Wildman–Crippen MR) is 50.1 cm³/mol. The van der Waals surface area contributed by atoms with Gasteiger partial charge in [0, 0.05) is 0 Å². The summed E-state index contributed by atoms with van der Waals surface area (Å²) in [6, 6.07) is 0.181. The van der Waals surface area contributed by atoms with Crippen molar-refractivity contribution in [2.75, 3.05) is 0 Å². The predicted octanol–water partition coefficient (Wildman–Crippen LogP) is 1.36. The van der Waals surface area contributed by atoms with Crippen LogP contribution in [-0.2, 0) is 4.84 Å². The Balaban J connectivity index is 1.66. The Kier molecular flexibility index (Phi) is 3.19. The van der Waals surface area contributed by atoms with E-state index >= 15 is 0 Å². The summed E-state index contributed by atoms with van der Waals surface area (Å²) >= 11 is 0. The lowest BCUT2D eigenvalue weighted by Crippen LogP contribution is -2.37. The molecule has 0 aromatic rings. The topological polar surface area (TPSA) is 41.5 Å². The number of rotatable bonds is 3. The van der Waals surface area contributed by atoms with Crippen molar-refractivity contribution in [3.63, 3.8) is 0 Å². The molecule has 0 heterocycles. The average molecular weight is 185 g/mol. The van der Waals surface area contributed by atoms with Gasteiger partial charge in [0.2, 0.25) is 0 Å². The Morgan fingerprint density at radius 2 is 1.77 bits per heavy atom. The molecule has 0 radical (unpaired) electrons. The van der Waals surface area contributed by atoms with Gasteiger partial charge in [0.15, 0.2) is 0 Å². The summed E-state index contributed by atoms with van der Waals surface area (Å²) in [6.07, 6.45) is 8.23. The second-order valence-corrected chi connectivity index (χ2v) is 4.25. The van der Waals surface area contributed by atoms with Crippen molar-refractivity contribution in [2.45, 2.75) is 63.2 Å². The van der Waals surface area contributed by atoms with Crippen molar-refractivity contribution < 1.29 is 9.94 Å². The van der Waals surface area contributed by atoms with Gasteiger partial charge >= 0.3 is 0 Å². The van der Waals surface area contributed by atoms with Crippen LogP contribution >= 0.6 is 0 Å². The van der Waals surface area contributed by atoms with Crippen molar-refractivity contribution in [3.05, 3.63) is 0 Å². The smallest absolute Gasteiger partial charge is 0.0790 e. The molecule has 2 atom stereocenters. The molecular formula is C10H19NO2. The first-order valence-corrected chi connectivity index (χ1v) is 5.45. The van der Waals surface area contributed by atoms with Crippen LogP contribution in [0.25, 0.3) is 0 Å². The van der Waals surface area contributed by atoms with Crippen LogP contribution in [0.4, 0.5) is 0 Å². The van der Waals surface area contributed by atoms with E-state index in [9.17, 15) is 5.11 Å². The number of aliphatic hydroxyl groups is 1. The van der Waals surface area contributed by atoms with E-state index in [1.165, 1.54) is 25.7 Å². The Morgan fingerprint density at radius 1 is 1.00 bits per heavy atom. The molecule has 3 heteroatoms. The van der Waals surface area contributed by atoms with E-state index in [4.69, 9.17) is 4.84 Å². The van der Waals surface area contributed by atoms with Crippen molar-refractivity contribution in [2.24, 2.45) is 0 Å². The minimum Gasteiger partial charge on any atom is -0.391 e. The van der Waals surface area contributed by atoms with Crippen LogP contribution in [0.15, 0.2) is 0 Å². The largest absolute Gasteiger partial charge is 0.391 e. The normalized spacial score (nSPS) is 35.8. The first-order valence-electron chi connectivity index (χ1n) is 5.45. The van der Waals surface area contributed by atoms with E-state index in [1.54, 1.807) is 0 Å². The van der Waals surface area contributed by atoms with Crippen LogP contribution in [0, 0.1) is 0 Å². The van der Waals surface area contributed by atoms with Gasteiger partial charge in [-0.3, -0.25) is 4.84 Å². The van der Waals surface area contributed by atoms with Gasteiger partial charge in [-0.25, -0.2) is 0 Å². The molecule has 0 unspecified atom stereocenters. The highest BCUT2D eigenvalue weighted by Gasteiger charge is 2.26. The molecular weight excluding hydrogens is 166 g/mol. The van der Waals surface area contributed by atoms with E-state index < -0.39 is 0 Å². The van der Waals surface area contributed by atoms with Crippen molar-refractivity contribution in [1.29, 1.82) is 0 Å². The van der Waals surface area contributed by atoms with Gasteiger partial charge in [-0.2, -0.15) is 5.48 Å². The maximum absolute atomic E-state index is 9.52. The highest BCUT2D eigenvalue weighted by molar-refractivity contribution is 4.80. The van der Waals surface area contributed by atoms with Gasteiger partial charge in [0.05, 0.1) is 18.2 Å². The van der Waals surface area contributed by atoms with Gasteiger partial charge < -0.3 is 5.11 Å². The number of hydroxylamine groups is 1. The summed E-state index contributed by atoms with van der Waals surface area (Å²) in [5.74, 6) is 0. The number of nitrogens with one attached hydrogen (secondary N) is 1. The molecule has 2 saturated carbocycles. The highest BCUT2D eigenvalue weighted by Crippen LogP contribution is 2.22. The summed E-state index contributed by atoms with van der Waals surface area (Å²) in [5, 5.41) is 9.52. The van der Waals surface area contributed by atoms with E-state index in [0.29, 0.717) is 6.10 Å². The number of aliphatic hydroxyl groups excluding tert-OH is 1. The zero-order valence-electron chi connectivity index (χ0n) is 8.04. The van der Waals surface area contributed by atoms with Crippen LogP contribution in [0.2, 0.25) is 0 Å². The van der Waals surface area contributed by atoms with E-state index in [2.05, 4.69) is 5.48 Å². The Hall–Kier alpha value is -0.120. The molecule has 0 bridgehead atoms. The molecule has 3 nitrogen and oxygen atoms in total. The van der Waals surface area contributed by atoms with Gasteiger partial charge in [0.25, 0.3) is 0 Å². The SMILES string of the molecule is O[C@H]1CCC[C@@H]1NOC1CCCC1. The number of hydrogen-bond acceptors (Lipinski definition) is 3. The molecule has 2 aliphatic rings. The van der Waals surface area contributed by atoms with E-state index in [0.717, 1.165) is 19.3 Å². The van der Waals surface area contributed by atoms with Crippen LogP contribution in [0.5, 0.6) is 0 Å². The lowest BCUT2D eigenvalue weighted by atomic mass is 10.2. The van der Waals surface area contributed by atoms with E-state index in [1.807, 2.05) is 0 Å². The van der Waals surface area contributed by atoms with Crippen LogP contribution in [0.3, 0.4) is 0 Å². The van der Waals surface area contributed by atoms with Crippen molar-refractivity contribution in [3.8, 4) is 0 Å². The third kappa shape index (κ3) is 2.42. The van der Waals surface area contributed by atoms with E-state index in [-0.39, 0.29) is 12.1 Å². The summed E-state index contributed by atoms with van der Waals surface area (Å²) in [6.45, 7) is 0. The second-order valence-electron chi connectivity index (χ2n) is 4.25. The van der Waals surface area contributed by atoms with Crippen LogP contribution in [0.1, 0.15) is 44.9 Å². The van der Waals surface area contributed by atoms with Crippen molar-refractivity contribution in [1.82, 2.24) is 5.48 Å². The molecule has 13 heavy (non-hydrogen) atoms. The first kappa shape index (κ1) is 9.44. The molecule has 2 rings (SSSR count). The fourth-order valence-electron chi connectivity index (χ4n) is 2.27. The maximum atomic E-state index is 9.52. The molecule has 0 amide bonds. The molecule has 0 aromatic carbocycles. The fraction of sp³-hybridized carbons (Fsp3) is 1.00. The standard InChI is InChI=1S/C10H19NO2/c12-10-7-3-6-9(10)11-13-8-4-1-2-5-8/h8-12H,1-7H2/t9-,10-/m0/s1. The molecule has 0 spiro atoms. The molecule has 0 aliphatic heterocycles. The third-order valence-corrected chi connectivity index (χ3v) is 3.17. The quantitative estimate of drug-likeness (QED) is 0.652. The summed E-state index contributed by atoms with van der Waals surface area (Å²) in [4.78, 5) is 5.55. The minimum atomic E-state index is -0.193. The fourth-order valence-corrected chi connectivity index (χ4v) is 2.27. The van der Waals surface area contributed by atoms with Gasteiger partial charge in [-0.05, 0) is 32.1 Å². The Bertz CT molecular complexity index is 157. The maximum Gasteiger partial charge on any atom is 0.0790 e. The van der Waals surface area contributed by atoms with Gasteiger partial charge in [-0.1, -0.05) is 12.8 Å².